The standard InChI is InChI=1S/C16H29NO/c1-3-4-5-6-7-16(18)17-12(2)15-11-13-8-9-14(15)10-13/h12-15H,3-11H2,1-2H3,(H,17,18). The fourth-order valence-corrected chi connectivity index (χ4v) is 4.05. The highest BCUT2D eigenvalue weighted by molar-refractivity contribution is 5.76. The Hall–Kier alpha value is -0.530. The van der Waals surface area contributed by atoms with Gasteiger partial charge in [0.2, 0.25) is 5.91 Å². The van der Waals surface area contributed by atoms with Gasteiger partial charge in [-0.15, -0.1) is 0 Å². The molecule has 2 aliphatic rings. The smallest absolute Gasteiger partial charge is 0.220 e. The molecule has 2 rings (SSSR count). The summed E-state index contributed by atoms with van der Waals surface area (Å²) in [5.41, 5.74) is 0. The molecule has 0 aliphatic heterocycles. The molecule has 1 N–H and O–H groups in total. The van der Waals surface area contributed by atoms with Crippen LogP contribution in [0.4, 0.5) is 0 Å². The molecule has 0 aromatic carbocycles. The van der Waals surface area contributed by atoms with Gasteiger partial charge in [0.05, 0.1) is 0 Å². The van der Waals surface area contributed by atoms with Crippen LogP contribution < -0.4 is 5.32 Å². The molecular formula is C16H29NO. The quantitative estimate of drug-likeness (QED) is 0.683. The van der Waals surface area contributed by atoms with Crippen LogP contribution in [0.15, 0.2) is 0 Å². The highest BCUT2D eigenvalue weighted by atomic mass is 16.1. The zero-order chi connectivity index (χ0) is 13.0. The number of nitrogens with one attached hydrogen (secondary N) is 1. The van der Waals surface area contributed by atoms with Crippen molar-refractivity contribution in [2.75, 3.05) is 0 Å². The summed E-state index contributed by atoms with van der Waals surface area (Å²) in [5, 5.41) is 3.24. The molecule has 4 atom stereocenters. The minimum Gasteiger partial charge on any atom is -0.353 e. The molecule has 0 aromatic heterocycles. The van der Waals surface area contributed by atoms with Gasteiger partial charge in [0.25, 0.3) is 0 Å². The van der Waals surface area contributed by atoms with Gasteiger partial charge in [-0.1, -0.05) is 32.6 Å². The first kappa shape index (κ1) is 13.9. The normalized spacial score (nSPS) is 31.6. The third kappa shape index (κ3) is 3.49. The average Bonchev–Trinajstić information content (AvgIpc) is 2.96. The monoisotopic (exact) mass is 251 g/mol. The van der Waals surface area contributed by atoms with Gasteiger partial charge in [0.15, 0.2) is 0 Å². The van der Waals surface area contributed by atoms with Crippen molar-refractivity contribution >= 4 is 5.91 Å². The summed E-state index contributed by atoms with van der Waals surface area (Å²) < 4.78 is 0. The van der Waals surface area contributed by atoms with Crippen molar-refractivity contribution < 1.29 is 4.79 Å². The molecule has 4 unspecified atom stereocenters. The molecule has 2 fully saturated rings. The Morgan fingerprint density at radius 1 is 1.22 bits per heavy atom. The number of carbonyl (C=O) groups excluding carboxylic acids is 1. The van der Waals surface area contributed by atoms with Crippen molar-refractivity contribution in [1.82, 2.24) is 5.32 Å². The molecule has 2 bridgehead atoms. The van der Waals surface area contributed by atoms with E-state index in [1.807, 2.05) is 0 Å². The highest BCUT2D eigenvalue weighted by Crippen LogP contribution is 2.49. The molecule has 0 radical (unpaired) electrons. The molecule has 1 amide bonds. The SMILES string of the molecule is CCCCCCC(=O)NC(C)C1CC2CCC1C2. The maximum absolute atomic E-state index is 11.9. The van der Waals surface area contributed by atoms with Crippen molar-refractivity contribution in [3.8, 4) is 0 Å². The van der Waals surface area contributed by atoms with Crippen LogP contribution in [0, 0.1) is 17.8 Å². The minimum absolute atomic E-state index is 0.279. The zero-order valence-electron chi connectivity index (χ0n) is 12.1. The van der Waals surface area contributed by atoms with Gasteiger partial charge in [-0.3, -0.25) is 4.79 Å². The van der Waals surface area contributed by atoms with Crippen molar-refractivity contribution in [3.63, 3.8) is 0 Å². The number of amides is 1. The molecule has 2 nitrogen and oxygen atoms in total. The second kappa shape index (κ2) is 6.58. The summed E-state index contributed by atoms with van der Waals surface area (Å²) >= 11 is 0. The van der Waals surface area contributed by atoms with E-state index in [2.05, 4.69) is 19.2 Å². The van der Waals surface area contributed by atoms with E-state index in [1.165, 1.54) is 44.9 Å². The first-order chi connectivity index (χ1) is 8.70. The molecule has 2 aliphatic carbocycles. The van der Waals surface area contributed by atoms with Crippen molar-refractivity contribution in [2.24, 2.45) is 17.8 Å². The van der Waals surface area contributed by atoms with Crippen LogP contribution in [0.25, 0.3) is 0 Å². The van der Waals surface area contributed by atoms with E-state index in [0.29, 0.717) is 6.04 Å². The largest absolute Gasteiger partial charge is 0.353 e. The van der Waals surface area contributed by atoms with E-state index >= 15 is 0 Å². The van der Waals surface area contributed by atoms with E-state index < -0.39 is 0 Å². The summed E-state index contributed by atoms with van der Waals surface area (Å²) in [6.45, 7) is 4.42. The summed E-state index contributed by atoms with van der Waals surface area (Å²) in [4.78, 5) is 11.9. The molecule has 0 heterocycles. The summed E-state index contributed by atoms with van der Waals surface area (Å²) in [7, 11) is 0. The molecule has 2 saturated carbocycles. The van der Waals surface area contributed by atoms with Crippen LogP contribution in [-0.4, -0.2) is 11.9 Å². The number of hydrogen-bond acceptors (Lipinski definition) is 1. The Kier molecular flexibility index (Phi) is 5.08. The number of carbonyl (C=O) groups is 1. The van der Waals surface area contributed by atoms with Gasteiger partial charge in [0, 0.05) is 12.5 Å². The number of rotatable bonds is 7. The van der Waals surface area contributed by atoms with Crippen LogP contribution >= 0.6 is 0 Å². The van der Waals surface area contributed by atoms with Gasteiger partial charge < -0.3 is 5.32 Å². The van der Waals surface area contributed by atoms with Gasteiger partial charge in [-0.05, 0) is 50.4 Å². The molecule has 0 saturated heterocycles. The Morgan fingerprint density at radius 3 is 2.67 bits per heavy atom. The van der Waals surface area contributed by atoms with E-state index in [9.17, 15) is 4.79 Å². The van der Waals surface area contributed by atoms with Crippen molar-refractivity contribution in [3.05, 3.63) is 0 Å². The third-order valence-electron chi connectivity index (χ3n) is 5.08. The van der Waals surface area contributed by atoms with Gasteiger partial charge in [0.1, 0.15) is 0 Å². The topological polar surface area (TPSA) is 29.1 Å². The molecule has 104 valence electrons. The lowest BCUT2D eigenvalue weighted by Gasteiger charge is -2.28. The lowest BCUT2D eigenvalue weighted by Crippen LogP contribution is -2.40. The molecular weight excluding hydrogens is 222 g/mol. The van der Waals surface area contributed by atoms with E-state index in [1.54, 1.807) is 0 Å². The van der Waals surface area contributed by atoms with E-state index in [-0.39, 0.29) is 5.91 Å². The minimum atomic E-state index is 0.279. The Labute approximate surface area is 112 Å². The number of unbranched alkanes of at least 4 members (excludes halogenated alkanes) is 3. The second-order valence-electron chi connectivity index (χ2n) is 6.51. The lowest BCUT2D eigenvalue weighted by atomic mass is 9.84. The van der Waals surface area contributed by atoms with Crippen molar-refractivity contribution in [1.29, 1.82) is 0 Å². The predicted octanol–water partition coefficient (Wildman–Crippen LogP) is 3.90. The maximum atomic E-state index is 11.9. The lowest BCUT2D eigenvalue weighted by molar-refractivity contribution is -0.122. The van der Waals surface area contributed by atoms with E-state index in [0.717, 1.165) is 30.6 Å². The first-order valence-electron chi connectivity index (χ1n) is 8.00. The Balaban J connectivity index is 1.64. The van der Waals surface area contributed by atoms with E-state index in [4.69, 9.17) is 0 Å². The summed E-state index contributed by atoms with van der Waals surface area (Å²) in [6.07, 6.45) is 11.1. The Morgan fingerprint density at radius 2 is 2.06 bits per heavy atom. The predicted molar refractivity (Wildman–Crippen MR) is 75.3 cm³/mol. The number of fused-ring (bicyclic) bond motifs is 2. The molecule has 2 heteroatoms. The number of hydrogen-bond donors (Lipinski definition) is 1. The van der Waals surface area contributed by atoms with Crippen LogP contribution in [0.1, 0.15) is 71.6 Å². The molecule has 18 heavy (non-hydrogen) atoms. The highest BCUT2D eigenvalue weighted by Gasteiger charge is 2.41. The van der Waals surface area contributed by atoms with Crippen LogP contribution in [0.5, 0.6) is 0 Å². The second-order valence-corrected chi connectivity index (χ2v) is 6.51. The third-order valence-corrected chi connectivity index (χ3v) is 5.08. The maximum Gasteiger partial charge on any atom is 0.220 e. The fraction of sp³-hybridized carbons (Fsp3) is 0.938. The van der Waals surface area contributed by atoms with Gasteiger partial charge >= 0.3 is 0 Å². The van der Waals surface area contributed by atoms with Crippen LogP contribution in [0.2, 0.25) is 0 Å². The van der Waals surface area contributed by atoms with Gasteiger partial charge in [-0.25, -0.2) is 0 Å². The molecule has 0 aromatic rings. The van der Waals surface area contributed by atoms with Crippen LogP contribution in [0.3, 0.4) is 0 Å². The first-order valence-corrected chi connectivity index (χ1v) is 8.00. The Bertz CT molecular complexity index is 276. The fourth-order valence-electron chi connectivity index (χ4n) is 4.05. The molecule has 0 spiro atoms. The summed E-state index contributed by atoms with van der Waals surface area (Å²) in [5.74, 6) is 2.93. The average molecular weight is 251 g/mol. The van der Waals surface area contributed by atoms with Gasteiger partial charge in [-0.2, -0.15) is 0 Å². The van der Waals surface area contributed by atoms with Crippen molar-refractivity contribution in [2.45, 2.75) is 77.7 Å². The zero-order valence-corrected chi connectivity index (χ0v) is 12.1. The summed E-state index contributed by atoms with van der Waals surface area (Å²) in [6, 6.07) is 0.402. The van der Waals surface area contributed by atoms with Crippen LogP contribution in [-0.2, 0) is 4.79 Å².